The van der Waals surface area contributed by atoms with Crippen LogP contribution in [0.2, 0.25) is 0 Å². The molecular weight excluding hydrogens is 328 g/mol. The van der Waals surface area contributed by atoms with E-state index in [9.17, 15) is 14.7 Å². The number of rotatable bonds is 6. The second-order valence-electron chi connectivity index (χ2n) is 5.36. The maximum atomic E-state index is 12.3. The minimum absolute atomic E-state index is 0.111. The zero-order valence-corrected chi connectivity index (χ0v) is 14.5. The molecule has 2 rings (SSSR count). The molecule has 25 heavy (non-hydrogen) atoms. The normalized spacial score (nSPS) is 17.4. The molecule has 0 bridgehead atoms. The Labute approximate surface area is 145 Å². The molecule has 1 heterocycles. The zero-order valence-electron chi connectivity index (χ0n) is 14.5. The smallest absolute Gasteiger partial charge is 0.345 e. The Hall–Kier alpha value is -2.96. The largest absolute Gasteiger partial charge is 0.511 e. The number of carbonyl (C=O) groups is 2. The fraction of sp³-hybridized carbons (Fsp3) is 0.333. The summed E-state index contributed by atoms with van der Waals surface area (Å²) in [4.78, 5) is 24.1. The maximum Gasteiger partial charge on any atom is 0.345 e. The van der Waals surface area contributed by atoms with Crippen molar-refractivity contribution in [2.45, 2.75) is 19.4 Å². The molecule has 0 amide bonds. The number of hydrogen-bond donors (Lipinski definition) is 1. The van der Waals surface area contributed by atoms with Crippen LogP contribution in [0.3, 0.4) is 0 Å². The highest BCUT2D eigenvalue weighted by molar-refractivity contribution is 6.23. The summed E-state index contributed by atoms with van der Waals surface area (Å²) < 4.78 is 20.8. The third-order valence-corrected chi connectivity index (χ3v) is 3.68. The molecule has 7 heteroatoms. The molecule has 1 atom stereocenters. The van der Waals surface area contributed by atoms with Gasteiger partial charge in [0.1, 0.15) is 17.4 Å². The van der Waals surface area contributed by atoms with Gasteiger partial charge in [-0.05, 0) is 31.2 Å². The second-order valence-corrected chi connectivity index (χ2v) is 5.36. The fourth-order valence-corrected chi connectivity index (χ4v) is 2.52. The van der Waals surface area contributed by atoms with Gasteiger partial charge in [0.15, 0.2) is 17.3 Å². The first-order valence-electron chi connectivity index (χ1n) is 7.57. The van der Waals surface area contributed by atoms with Crippen LogP contribution in [0.15, 0.2) is 29.5 Å². The Balaban J connectivity index is 2.35. The Kier molecular flexibility index (Phi) is 5.69. The third kappa shape index (κ3) is 3.76. The fourth-order valence-electron chi connectivity index (χ4n) is 2.52. The first kappa shape index (κ1) is 18.4. The lowest BCUT2D eigenvalue weighted by Crippen LogP contribution is -2.27. The number of aliphatic hydroxyl groups is 1. The SMILES string of the molecule is COc1ccc(C=CC(=O)C2=C(O)CC(C)OC2=O)c(OC)c1OC. The Morgan fingerprint density at radius 2 is 1.88 bits per heavy atom. The van der Waals surface area contributed by atoms with Crippen molar-refractivity contribution in [2.75, 3.05) is 21.3 Å². The number of methoxy groups -OCH3 is 3. The third-order valence-electron chi connectivity index (χ3n) is 3.68. The van der Waals surface area contributed by atoms with Gasteiger partial charge in [-0.1, -0.05) is 0 Å². The number of carbonyl (C=O) groups excluding carboxylic acids is 2. The monoisotopic (exact) mass is 348 g/mol. The van der Waals surface area contributed by atoms with Crippen molar-refractivity contribution in [1.29, 1.82) is 0 Å². The van der Waals surface area contributed by atoms with Crippen molar-refractivity contribution < 1.29 is 33.6 Å². The average Bonchev–Trinajstić information content (AvgIpc) is 2.57. The second kappa shape index (κ2) is 7.74. The number of esters is 1. The summed E-state index contributed by atoms with van der Waals surface area (Å²) in [6.45, 7) is 1.64. The predicted molar refractivity (Wildman–Crippen MR) is 90.0 cm³/mol. The van der Waals surface area contributed by atoms with Crippen LogP contribution in [-0.4, -0.2) is 44.3 Å². The highest BCUT2D eigenvalue weighted by Gasteiger charge is 2.30. The molecule has 1 aromatic carbocycles. The molecule has 0 aromatic heterocycles. The molecular formula is C18H20O7. The van der Waals surface area contributed by atoms with Crippen LogP contribution in [0.1, 0.15) is 18.9 Å². The molecule has 0 aliphatic carbocycles. The number of cyclic esters (lactones) is 1. The van der Waals surface area contributed by atoms with Crippen molar-refractivity contribution >= 4 is 17.8 Å². The summed E-state index contributed by atoms with van der Waals surface area (Å²) in [5.74, 6) is -0.501. The summed E-state index contributed by atoms with van der Waals surface area (Å²) in [6, 6.07) is 3.35. The Morgan fingerprint density at radius 1 is 1.20 bits per heavy atom. The number of allylic oxidation sites excluding steroid dienone is 1. The number of hydrogen-bond acceptors (Lipinski definition) is 7. The first-order chi connectivity index (χ1) is 11.9. The zero-order chi connectivity index (χ0) is 18.6. The van der Waals surface area contributed by atoms with Gasteiger partial charge < -0.3 is 24.1 Å². The standard InChI is InChI=1S/C18H20O7/c1-10-9-13(20)15(18(21)25-10)12(19)7-5-11-6-8-14(22-2)17(24-4)16(11)23-3/h5-8,10,20H,9H2,1-4H3. The van der Waals surface area contributed by atoms with E-state index in [1.54, 1.807) is 19.1 Å². The van der Waals surface area contributed by atoms with Crippen LogP contribution >= 0.6 is 0 Å². The van der Waals surface area contributed by atoms with E-state index >= 15 is 0 Å². The Bertz CT molecular complexity index is 746. The van der Waals surface area contributed by atoms with Crippen molar-refractivity contribution in [1.82, 2.24) is 0 Å². The minimum atomic E-state index is -0.829. The molecule has 7 nitrogen and oxygen atoms in total. The lowest BCUT2D eigenvalue weighted by Gasteiger charge is -2.20. The molecule has 1 aliphatic rings. The van der Waals surface area contributed by atoms with Crippen LogP contribution in [0.25, 0.3) is 6.08 Å². The van der Waals surface area contributed by atoms with E-state index in [1.165, 1.54) is 33.5 Å². The van der Waals surface area contributed by atoms with Gasteiger partial charge in [0.05, 0.1) is 21.3 Å². The van der Waals surface area contributed by atoms with Crippen molar-refractivity contribution in [3.8, 4) is 17.2 Å². The van der Waals surface area contributed by atoms with E-state index in [2.05, 4.69) is 0 Å². The molecule has 1 aromatic rings. The highest BCUT2D eigenvalue weighted by Crippen LogP contribution is 2.40. The van der Waals surface area contributed by atoms with E-state index in [0.29, 0.717) is 22.8 Å². The highest BCUT2D eigenvalue weighted by atomic mass is 16.5. The summed E-state index contributed by atoms with van der Waals surface area (Å²) in [6.07, 6.45) is 2.29. The quantitative estimate of drug-likeness (QED) is 0.479. The van der Waals surface area contributed by atoms with E-state index in [-0.39, 0.29) is 17.8 Å². The molecule has 134 valence electrons. The predicted octanol–water partition coefficient (Wildman–Crippen LogP) is 2.44. The van der Waals surface area contributed by atoms with Gasteiger partial charge in [0, 0.05) is 12.0 Å². The van der Waals surface area contributed by atoms with Gasteiger partial charge in [-0.15, -0.1) is 0 Å². The van der Waals surface area contributed by atoms with Crippen molar-refractivity contribution in [2.24, 2.45) is 0 Å². The van der Waals surface area contributed by atoms with Gasteiger partial charge in [-0.2, -0.15) is 0 Å². The molecule has 1 N–H and O–H groups in total. The van der Waals surface area contributed by atoms with E-state index in [0.717, 1.165) is 0 Å². The van der Waals surface area contributed by atoms with Crippen LogP contribution in [0, 0.1) is 0 Å². The van der Waals surface area contributed by atoms with Crippen LogP contribution in [-0.2, 0) is 14.3 Å². The summed E-state index contributed by atoms with van der Waals surface area (Å²) in [5.41, 5.74) is 0.194. The molecule has 0 saturated carbocycles. The lowest BCUT2D eigenvalue weighted by molar-refractivity contribution is -0.146. The van der Waals surface area contributed by atoms with Crippen LogP contribution < -0.4 is 14.2 Å². The molecule has 0 radical (unpaired) electrons. The molecule has 0 spiro atoms. The molecule has 0 saturated heterocycles. The Morgan fingerprint density at radius 3 is 2.44 bits per heavy atom. The van der Waals surface area contributed by atoms with Crippen LogP contribution in [0.4, 0.5) is 0 Å². The number of ether oxygens (including phenoxy) is 4. The summed E-state index contributed by atoms with van der Waals surface area (Å²) >= 11 is 0. The van der Waals surface area contributed by atoms with E-state index in [4.69, 9.17) is 18.9 Å². The number of aliphatic hydroxyl groups excluding tert-OH is 1. The molecule has 1 aliphatic heterocycles. The first-order valence-corrected chi connectivity index (χ1v) is 7.57. The molecule has 0 fully saturated rings. The summed E-state index contributed by atoms with van der Waals surface area (Å²) in [5, 5.41) is 9.89. The van der Waals surface area contributed by atoms with E-state index < -0.39 is 17.9 Å². The number of benzene rings is 1. The summed E-state index contributed by atoms with van der Waals surface area (Å²) in [7, 11) is 4.44. The van der Waals surface area contributed by atoms with Crippen LogP contribution in [0.5, 0.6) is 17.2 Å². The van der Waals surface area contributed by atoms with E-state index in [1.807, 2.05) is 0 Å². The van der Waals surface area contributed by atoms with Crippen molar-refractivity contribution in [3.63, 3.8) is 0 Å². The molecule has 1 unspecified atom stereocenters. The maximum absolute atomic E-state index is 12.3. The minimum Gasteiger partial charge on any atom is -0.511 e. The lowest BCUT2D eigenvalue weighted by atomic mass is 10.0. The average molecular weight is 348 g/mol. The van der Waals surface area contributed by atoms with Gasteiger partial charge in [0.25, 0.3) is 0 Å². The van der Waals surface area contributed by atoms with Gasteiger partial charge in [-0.25, -0.2) is 4.79 Å². The number of ketones is 1. The van der Waals surface area contributed by atoms with Gasteiger partial charge >= 0.3 is 5.97 Å². The topological polar surface area (TPSA) is 91.3 Å². The van der Waals surface area contributed by atoms with Gasteiger partial charge in [0.2, 0.25) is 5.75 Å². The van der Waals surface area contributed by atoms with Crippen molar-refractivity contribution in [3.05, 3.63) is 35.1 Å². The van der Waals surface area contributed by atoms with Gasteiger partial charge in [-0.3, -0.25) is 4.79 Å².